The van der Waals surface area contributed by atoms with Gasteiger partial charge in [-0.3, -0.25) is 4.79 Å². The zero-order valence-electron chi connectivity index (χ0n) is 10.8. The number of halogens is 2. The van der Waals surface area contributed by atoms with Gasteiger partial charge in [-0.1, -0.05) is 47.5 Å². The van der Waals surface area contributed by atoms with Gasteiger partial charge in [-0.05, 0) is 42.7 Å². The summed E-state index contributed by atoms with van der Waals surface area (Å²) in [4.78, 5) is 12.3. The Morgan fingerprint density at radius 2 is 1.79 bits per heavy atom. The first kappa shape index (κ1) is 14.1. The van der Waals surface area contributed by atoms with E-state index in [1.807, 2.05) is 38.1 Å². The van der Waals surface area contributed by atoms with Crippen LogP contribution in [-0.2, 0) is 6.42 Å². The highest BCUT2D eigenvalue weighted by Gasteiger charge is 2.11. The lowest BCUT2D eigenvalue weighted by Gasteiger charge is -2.08. The number of hydrogen-bond donors (Lipinski definition) is 0. The van der Waals surface area contributed by atoms with E-state index in [9.17, 15) is 4.79 Å². The number of rotatable bonds is 3. The Morgan fingerprint density at radius 1 is 1.05 bits per heavy atom. The molecule has 0 N–H and O–H groups in total. The third kappa shape index (κ3) is 3.17. The normalized spacial score (nSPS) is 10.5. The Morgan fingerprint density at radius 3 is 2.47 bits per heavy atom. The predicted octanol–water partition coefficient (Wildman–Crippen LogP) is 5.04. The zero-order chi connectivity index (χ0) is 14.0. The minimum Gasteiger partial charge on any atom is -0.294 e. The first-order chi connectivity index (χ1) is 8.99. The molecule has 0 aliphatic rings. The van der Waals surface area contributed by atoms with Crippen molar-refractivity contribution in [2.45, 2.75) is 20.3 Å². The molecule has 98 valence electrons. The summed E-state index contributed by atoms with van der Waals surface area (Å²) >= 11 is 11.8. The molecule has 2 aromatic rings. The van der Waals surface area contributed by atoms with Crippen molar-refractivity contribution >= 4 is 29.0 Å². The van der Waals surface area contributed by atoms with Crippen LogP contribution in [0.1, 0.15) is 27.0 Å². The molecule has 0 aromatic heterocycles. The van der Waals surface area contributed by atoms with Gasteiger partial charge in [0.15, 0.2) is 5.78 Å². The summed E-state index contributed by atoms with van der Waals surface area (Å²) in [5, 5.41) is 0.984. The number of carbonyl (C=O) groups is 1. The first-order valence-corrected chi connectivity index (χ1v) is 6.78. The number of carbonyl (C=O) groups excluding carboxylic acids is 1. The number of hydrogen-bond acceptors (Lipinski definition) is 1. The van der Waals surface area contributed by atoms with E-state index in [2.05, 4.69) is 0 Å². The van der Waals surface area contributed by atoms with E-state index in [1.54, 1.807) is 12.1 Å². The van der Waals surface area contributed by atoms with Crippen LogP contribution in [0.4, 0.5) is 0 Å². The molecular weight excluding hydrogens is 279 g/mol. The Bertz CT molecular complexity index is 633. The highest BCUT2D eigenvalue weighted by atomic mass is 35.5. The van der Waals surface area contributed by atoms with Gasteiger partial charge in [-0.2, -0.15) is 0 Å². The Kier molecular flexibility index (Phi) is 4.28. The molecule has 0 saturated carbocycles. The number of ketones is 1. The smallest absolute Gasteiger partial charge is 0.167 e. The minimum absolute atomic E-state index is 0.0968. The van der Waals surface area contributed by atoms with Crippen LogP contribution < -0.4 is 0 Å². The number of benzene rings is 2. The fraction of sp³-hybridized carbons (Fsp3) is 0.188. The van der Waals surface area contributed by atoms with Gasteiger partial charge < -0.3 is 0 Å². The fourth-order valence-electron chi connectivity index (χ4n) is 1.98. The second-order valence-electron chi connectivity index (χ2n) is 4.60. The molecule has 0 amide bonds. The van der Waals surface area contributed by atoms with Crippen molar-refractivity contribution < 1.29 is 4.79 Å². The highest BCUT2D eigenvalue weighted by Crippen LogP contribution is 2.23. The molecule has 3 heteroatoms. The van der Waals surface area contributed by atoms with E-state index in [1.165, 1.54) is 0 Å². The molecule has 1 nitrogen and oxygen atoms in total. The van der Waals surface area contributed by atoms with E-state index >= 15 is 0 Å². The second kappa shape index (κ2) is 5.77. The fourth-order valence-corrected chi connectivity index (χ4v) is 2.30. The number of aryl methyl sites for hydroxylation is 1. The summed E-state index contributed by atoms with van der Waals surface area (Å²) in [5.41, 5.74) is 3.80. The maximum Gasteiger partial charge on any atom is 0.167 e. The summed E-state index contributed by atoms with van der Waals surface area (Å²) in [6.45, 7) is 3.97. The van der Waals surface area contributed by atoms with E-state index in [0.29, 0.717) is 16.5 Å². The highest BCUT2D eigenvalue weighted by molar-refractivity contribution is 6.42. The molecule has 0 heterocycles. The Hall–Kier alpha value is -1.31. The number of Topliss-reactive ketones (excluding diaryl/α,β-unsaturated/α-hetero) is 1. The largest absolute Gasteiger partial charge is 0.294 e. The van der Waals surface area contributed by atoms with E-state index in [4.69, 9.17) is 23.2 Å². The summed E-state index contributed by atoms with van der Waals surface area (Å²) in [6, 6.07) is 11.1. The molecule has 0 bridgehead atoms. The topological polar surface area (TPSA) is 17.1 Å². The zero-order valence-corrected chi connectivity index (χ0v) is 12.3. The molecule has 0 aliphatic heterocycles. The lowest BCUT2D eigenvalue weighted by atomic mass is 9.96. The van der Waals surface area contributed by atoms with Crippen molar-refractivity contribution in [3.8, 4) is 0 Å². The van der Waals surface area contributed by atoms with Crippen LogP contribution >= 0.6 is 23.2 Å². The van der Waals surface area contributed by atoms with E-state index in [0.717, 1.165) is 22.3 Å². The van der Waals surface area contributed by atoms with Crippen molar-refractivity contribution in [1.82, 2.24) is 0 Å². The van der Waals surface area contributed by atoms with Gasteiger partial charge in [-0.15, -0.1) is 0 Å². The quantitative estimate of drug-likeness (QED) is 0.725. The standard InChI is InChI=1S/C16H14Cl2O/c1-10-4-3-5-13(11(10)2)16(19)9-12-6-7-14(17)15(18)8-12/h3-8H,9H2,1-2H3. The molecule has 0 spiro atoms. The second-order valence-corrected chi connectivity index (χ2v) is 5.41. The van der Waals surface area contributed by atoms with E-state index < -0.39 is 0 Å². The monoisotopic (exact) mass is 292 g/mol. The molecular formula is C16H14Cl2O. The average Bonchev–Trinajstić information content (AvgIpc) is 2.37. The van der Waals surface area contributed by atoms with Gasteiger partial charge in [0.05, 0.1) is 10.0 Å². The molecule has 19 heavy (non-hydrogen) atoms. The predicted molar refractivity (Wildman–Crippen MR) is 80.4 cm³/mol. The van der Waals surface area contributed by atoms with Gasteiger partial charge in [0.2, 0.25) is 0 Å². The van der Waals surface area contributed by atoms with Crippen LogP contribution in [0, 0.1) is 13.8 Å². The molecule has 2 rings (SSSR count). The lowest BCUT2D eigenvalue weighted by molar-refractivity contribution is 0.0992. The summed E-state index contributed by atoms with van der Waals surface area (Å²) in [7, 11) is 0. The van der Waals surface area contributed by atoms with Gasteiger partial charge in [0.1, 0.15) is 0 Å². The molecule has 0 saturated heterocycles. The minimum atomic E-state index is 0.0968. The summed E-state index contributed by atoms with van der Waals surface area (Å²) in [6.07, 6.45) is 0.335. The molecule has 2 aromatic carbocycles. The van der Waals surface area contributed by atoms with E-state index in [-0.39, 0.29) is 5.78 Å². The maximum atomic E-state index is 12.3. The van der Waals surface area contributed by atoms with Gasteiger partial charge in [0, 0.05) is 12.0 Å². The average molecular weight is 293 g/mol. The molecule has 0 atom stereocenters. The van der Waals surface area contributed by atoms with Crippen molar-refractivity contribution in [2.24, 2.45) is 0 Å². The van der Waals surface area contributed by atoms with Gasteiger partial charge in [-0.25, -0.2) is 0 Å². The van der Waals surface area contributed by atoms with Crippen LogP contribution in [0.5, 0.6) is 0 Å². The summed E-state index contributed by atoms with van der Waals surface area (Å²) in [5.74, 6) is 0.0968. The van der Waals surface area contributed by atoms with Crippen LogP contribution in [0.2, 0.25) is 10.0 Å². The van der Waals surface area contributed by atoms with Crippen LogP contribution in [0.3, 0.4) is 0 Å². The molecule has 0 fully saturated rings. The van der Waals surface area contributed by atoms with Gasteiger partial charge in [0.25, 0.3) is 0 Å². The molecule has 0 radical (unpaired) electrons. The third-order valence-corrected chi connectivity index (χ3v) is 3.99. The van der Waals surface area contributed by atoms with Crippen LogP contribution in [0.15, 0.2) is 36.4 Å². The van der Waals surface area contributed by atoms with Crippen LogP contribution in [0.25, 0.3) is 0 Å². The van der Waals surface area contributed by atoms with Crippen molar-refractivity contribution in [3.05, 3.63) is 68.7 Å². The van der Waals surface area contributed by atoms with Crippen molar-refractivity contribution in [3.63, 3.8) is 0 Å². The first-order valence-electron chi connectivity index (χ1n) is 6.02. The molecule has 0 unspecified atom stereocenters. The van der Waals surface area contributed by atoms with Crippen molar-refractivity contribution in [2.75, 3.05) is 0 Å². The maximum absolute atomic E-state index is 12.3. The third-order valence-electron chi connectivity index (χ3n) is 3.25. The Labute approximate surface area is 123 Å². The van der Waals surface area contributed by atoms with Gasteiger partial charge >= 0.3 is 0 Å². The SMILES string of the molecule is Cc1cccc(C(=O)Cc2ccc(Cl)c(Cl)c2)c1C. The Balaban J connectivity index is 2.26. The lowest BCUT2D eigenvalue weighted by Crippen LogP contribution is -2.06. The molecule has 0 aliphatic carbocycles. The summed E-state index contributed by atoms with van der Waals surface area (Å²) < 4.78 is 0. The van der Waals surface area contributed by atoms with Crippen LogP contribution in [-0.4, -0.2) is 5.78 Å². The van der Waals surface area contributed by atoms with Crippen molar-refractivity contribution in [1.29, 1.82) is 0 Å².